The van der Waals surface area contributed by atoms with Crippen molar-refractivity contribution in [3.8, 4) is 0 Å². The lowest BCUT2D eigenvalue weighted by Crippen LogP contribution is -2.56. The van der Waals surface area contributed by atoms with Crippen molar-refractivity contribution in [2.75, 3.05) is 13.1 Å². The van der Waals surface area contributed by atoms with E-state index in [-0.39, 0.29) is 11.1 Å². The van der Waals surface area contributed by atoms with Crippen molar-refractivity contribution < 1.29 is 0 Å². The van der Waals surface area contributed by atoms with Crippen LogP contribution in [0.5, 0.6) is 0 Å². The number of piperidine rings is 1. The first-order valence-corrected chi connectivity index (χ1v) is 7.21. The average molecular weight is 240 g/mol. The third-order valence-electron chi connectivity index (χ3n) is 5.21. The van der Waals surface area contributed by atoms with Crippen LogP contribution in [0.25, 0.3) is 0 Å². The number of likely N-dealkylation sites (tertiary alicyclic amines) is 1. The smallest absolute Gasteiger partial charge is 0.0181 e. The maximum Gasteiger partial charge on any atom is 0.0181 e. The molecule has 0 radical (unpaired) electrons. The lowest BCUT2D eigenvalue weighted by molar-refractivity contribution is 0.0165. The van der Waals surface area contributed by atoms with E-state index in [0.717, 1.165) is 0 Å². The van der Waals surface area contributed by atoms with E-state index in [4.69, 9.17) is 5.73 Å². The molecule has 1 saturated heterocycles. The van der Waals surface area contributed by atoms with E-state index in [0.29, 0.717) is 11.8 Å². The molecule has 2 N–H and O–H groups in total. The number of hydrogen-bond acceptors (Lipinski definition) is 2. The molecule has 17 heavy (non-hydrogen) atoms. The Morgan fingerprint density at radius 1 is 0.882 bits per heavy atom. The van der Waals surface area contributed by atoms with Crippen LogP contribution in [0.15, 0.2) is 0 Å². The minimum Gasteiger partial charge on any atom is -0.325 e. The van der Waals surface area contributed by atoms with Gasteiger partial charge in [-0.15, -0.1) is 0 Å². The molecule has 0 aliphatic carbocycles. The Hall–Kier alpha value is -0.0800. The quantitative estimate of drug-likeness (QED) is 0.817. The van der Waals surface area contributed by atoms with Gasteiger partial charge in [-0.3, -0.25) is 4.90 Å². The molecular formula is C15H32N2. The molecule has 2 nitrogen and oxygen atoms in total. The summed E-state index contributed by atoms with van der Waals surface area (Å²) in [6.45, 7) is 16.3. The van der Waals surface area contributed by atoms with Crippen molar-refractivity contribution in [1.29, 1.82) is 0 Å². The summed E-state index contributed by atoms with van der Waals surface area (Å²) in [5, 5.41) is 0. The summed E-state index contributed by atoms with van der Waals surface area (Å²) in [6.07, 6.45) is 4.12. The summed E-state index contributed by atoms with van der Waals surface area (Å²) >= 11 is 0. The van der Waals surface area contributed by atoms with Gasteiger partial charge in [0.25, 0.3) is 0 Å². The van der Waals surface area contributed by atoms with E-state index in [1.807, 2.05) is 0 Å². The molecule has 0 bridgehead atoms. The van der Waals surface area contributed by atoms with Gasteiger partial charge in [-0.2, -0.15) is 0 Å². The van der Waals surface area contributed by atoms with Gasteiger partial charge >= 0.3 is 0 Å². The zero-order valence-electron chi connectivity index (χ0n) is 12.7. The predicted molar refractivity (Wildman–Crippen MR) is 76.1 cm³/mol. The number of hydrogen-bond donors (Lipinski definition) is 1. The lowest BCUT2D eigenvalue weighted by Gasteiger charge is -2.49. The second kappa shape index (κ2) is 5.27. The Morgan fingerprint density at radius 2 is 1.35 bits per heavy atom. The molecule has 1 aliphatic heterocycles. The molecule has 0 saturated carbocycles. The number of nitrogens with zero attached hydrogens (tertiary/aromatic N) is 1. The van der Waals surface area contributed by atoms with Gasteiger partial charge in [0.2, 0.25) is 0 Å². The molecule has 2 unspecified atom stereocenters. The fourth-order valence-electron chi connectivity index (χ4n) is 3.01. The Kier molecular flexibility index (Phi) is 4.65. The highest BCUT2D eigenvalue weighted by Crippen LogP contribution is 2.35. The Morgan fingerprint density at radius 3 is 1.76 bits per heavy atom. The van der Waals surface area contributed by atoms with Crippen LogP contribution in [0.1, 0.15) is 60.8 Å². The van der Waals surface area contributed by atoms with Crippen LogP contribution in [0, 0.1) is 11.8 Å². The highest BCUT2D eigenvalue weighted by Gasteiger charge is 2.39. The molecule has 102 valence electrons. The Bertz CT molecular complexity index is 234. The summed E-state index contributed by atoms with van der Waals surface area (Å²) in [5.74, 6) is 1.14. The van der Waals surface area contributed by atoms with E-state index in [1.54, 1.807) is 0 Å². The number of nitrogens with two attached hydrogens (primary N) is 1. The molecule has 0 aromatic carbocycles. The second-order valence-electron chi connectivity index (χ2n) is 7.10. The van der Waals surface area contributed by atoms with Gasteiger partial charge < -0.3 is 5.73 Å². The zero-order valence-corrected chi connectivity index (χ0v) is 12.7. The van der Waals surface area contributed by atoms with E-state index in [9.17, 15) is 0 Å². The molecular weight excluding hydrogens is 208 g/mol. The van der Waals surface area contributed by atoms with E-state index >= 15 is 0 Å². The van der Waals surface area contributed by atoms with Crippen LogP contribution in [-0.4, -0.2) is 29.1 Å². The third kappa shape index (κ3) is 3.45. The first kappa shape index (κ1) is 15.0. The fourth-order valence-corrected chi connectivity index (χ4v) is 3.01. The average Bonchev–Trinajstić information content (AvgIpc) is 2.27. The van der Waals surface area contributed by atoms with Gasteiger partial charge in [0.05, 0.1) is 0 Å². The highest BCUT2D eigenvalue weighted by molar-refractivity contribution is 4.95. The van der Waals surface area contributed by atoms with Crippen molar-refractivity contribution in [3.63, 3.8) is 0 Å². The molecule has 1 aliphatic rings. The molecule has 0 amide bonds. The van der Waals surface area contributed by atoms with Crippen LogP contribution in [0.2, 0.25) is 0 Å². The SMILES string of the molecule is CC(C(C)C(C)(C)N1CCCCC1)C(C)(C)N. The van der Waals surface area contributed by atoms with Crippen LogP contribution in [0.3, 0.4) is 0 Å². The van der Waals surface area contributed by atoms with Crippen LogP contribution >= 0.6 is 0 Å². The first-order valence-electron chi connectivity index (χ1n) is 7.21. The minimum atomic E-state index is -0.0908. The molecule has 1 rings (SSSR count). The summed E-state index contributed by atoms with van der Waals surface area (Å²) < 4.78 is 0. The zero-order chi connectivity index (χ0) is 13.3. The van der Waals surface area contributed by atoms with Crippen molar-refractivity contribution in [3.05, 3.63) is 0 Å². The van der Waals surface area contributed by atoms with E-state index in [2.05, 4.69) is 46.4 Å². The predicted octanol–water partition coefficient (Wildman–Crippen LogP) is 3.26. The van der Waals surface area contributed by atoms with E-state index < -0.39 is 0 Å². The lowest BCUT2D eigenvalue weighted by atomic mass is 9.71. The van der Waals surface area contributed by atoms with Gasteiger partial charge in [0, 0.05) is 11.1 Å². The summed E-state index contributed by atoms with van der Waals surface area (Å²) in [4.78, 5) is 2.67. The Balaban J connectivity index is 2.74. The molecule has 0 spiro atoms. The minimum absolute atomic E-state index is 0.0908. The van der Waals surface area contributed by atoms with Gasteiger partial charge in [0.15, 0.2) is 0 Å². The molecule has 2 heteroatoms. The van der Waals surface area contributed by atoms with Crippen molar-refractivity contribution in [2.45, 2.75) is 71.9 Å². The largest absolute Gasteiger partial charge is 0.325 e. The third-order valence-corrected chi connectivity index (χ3v) is 5.21. The molecule has 2 atom stereocenters. The first-order chi connectivity index (χ1) is 7.67. The van der Waals surface area contributed by atoms with Crippen LogP contribution in [-0.2, 0) is 0 Å². The van der Waals surface area contributed by atoms with Crippen LogP contribution in [0.4, 0.5) is 0 Å². The second-order valence-corrected chi connectivity index (χ2v) is 7.10. The molecule has 0 aromatic rings. The maximum atomic E-state index is 6.29. The van der Waals surface area contributed by atoms with Gasteiger partial charge in [-0.25, -0.2) is 0 Å². The Labute approximate surface area is 108 Å². The monoisotopic (exact) mass is 240 g/mol. The maximum absolute atomic E-state index is 6.29. The highest BCUT2D eigenvalue weighted by atomic mass is 15.2. The number of rotatable bonds is 4. The van der Waals surface area contributed by atoms with Gasteiger partial charge in [-0.05, 0) is 65.5 Å². The molecule has 0 aromatic heterocycles. The van der Waals surface area contributed by atoms with Gasteiger partial charge in [-0.1, -0.05) is 20.3 Å². The topological polar surface area (TPSA) is 29.3 Å². The summed E-state index contributed by atoms with van der Waals surface area (Å²) in [6, 6.07) is 0. The van der Waals surface area contributed by atoms with Crippen molar-refractivity contribution in [2.24, 2.45) is 17.6 Å². The van der Waals surface area contributed by atoms with E-state index in [1.165, 1.54) is 32.4 Å². The van der Waals surface area contributed by atoms with Crippen LogP contribution < -0.4 is 5.73 Å². The fraction of sp³-hybridized carbons (Fsp3) is 1.00. The summed E-state index contributed by atoms with van der Waals surface area (Å²) in [7, 11) is 0. The van der Waals surface area contributed by atoms with Gasteiger partial charge in [0.1, 0.15) is 0 Å². The standard InChI is InChI=1S/C15H32N2/c1-12(14(3,4)16)13(2)15(5,6)17-10-8-7-9-11-17/h12-13H,7-11,16H2,1-6H3. The molecule has 1 fully saturated rings. The normalized spacial score (nSPS) is 23.5. The molecule has 1 heterocycles. The van der Waals surface area contributed by atoms with Crippen molar-refractivity contribution in [1.82, 2.24) is 4.90 Å². The van der Waals surface area contributed by atoms with Crippen molar-refractivity contribution >= 4 is 0 Å². The summed E-state index contributed by atoms with van der Waals surface area (Å²) in [5.41, 5.74) is 6.46.